The highest BCUT2D eigenvalue weighted by Gasteiger charge is 2.34. The summed E-state index contributed by atoms with van der Waals surface area (Å²) in [5.41, 5.74) is 1.45. The van der Waals surface area contributed by atoms with Crippen molar-refractivity contribution in [3.8, 4) is 17.4 Å². The summed E-state index contributed by atoms with van der Waals surface area (Å²) in [6, 6.07) is 13.7. The van der Waals surface area contributed by atoms with E-state index in [1.165, 1.54) is 0 Å². The van der Waals surface area contributed by atoms with Gasteiger partial charge in [0, 0.05) is 44.9 Å². The van der Waals surface area contributed by atoms with Gasteiger partial charge in [-0.3, -0.25) is 9.80 Å². The Morgan fingerprint density at radius 3 is 2.61 bits per heavy atom. The van der Waals surface area contributed by atoms with Gasteiger partial charge in [-0.1, -0.05) is 12.1 Å². The lowest BCUT2D eigenvalue weighted by Gasteiger charge is -2.30. The van der Waals surface area contributed by atoms with Crippen LogP contribution in [-0.4, -0.2) is 67.5 Å². The van der Waals surface area contributed by atoms with Crippen LogP contribution in [0.1, 0.15) is 11.3 Å². The van der Waals surface area contributed by atoms with Crippen LogP contribution in [0.3, 0.4) is 0 Å². The molecule has 0 spiro atoms. The summed E-state index contributed by atoms with van der Waals surface area (Å²) in [6.45, 7) is 7.39. The number of nitriles is 1. The molecule has 2 aromatic rings. The topological polar surface area (TPSA) is 72.9 Å². The van der Waals surface area contributed by atoms with Crippen LogP contribution >= 0.6 is 0 Å². The van der Waals surface area contributed by atoms with Gasteiger partial charge in [0.25, 0.3) is 0 Å². The first-order valence-corrected chi connectivity index (χ1v) is 9.98. The molecule has 0 amide bonds. The van der Waals surface area contributed by atoms with Crippen molar-refractivity contribution in [1.29, 1.82) is 5.26 Å². The summed E-state index contributed by atoms with van der Waals surface area (Å²) in [7, 11) is 0. The zero-order valence-electron chi connectivity index (χ0n) is 16.1. The normalized spacial score (nSPS) is 23.7. The third-order valence-electron chi connectivity index (χ3n) is 5.84. The van der Waals surface area contributed by atoms with Gasteiger partial charge in [-0.05, 0) is 36.1 Å². The van der Waals surface area contributed by atoms with Gasteiger partial charge in [0.1, 0.15) is 11.5 Å². The standard InChI is InChI=1S/C22H27N3O3/c23-11-17-3-1-2-4-21(17)22-6-5-20(28-22)15-25-13-18(19(14-25)16-26)12-24-7-9-27-10-8-24/h1-6,18-19,26H,7-10,12-16H2/t18-,19-/m1/s1. The average Bonchev–Trinajstić information content (AvgIpc) is 3.35. The molecule has 1 aromatic carbocycles. The lowest BCUT2D eigenvalue weighted by atomic mass is 9.96. The van der Waals surface area contributed by atoms with Crippen LogP contribution < -0.4 is 0 Å². The number of rotatable bonds is 6. The molecule has 1 aromatic heterocycles. The van der Waals surface area contributed by atoms with Crippen molar-refractivity contribution in [3.63, 3.8) is 0 Å². The van der Waals surface area contributed by atoms with Gasteiger partial charge in [0.15, 0.2) is 0 Å². The Kier molecular flexibility index (Phi) is 6.08. The van der Waals surface area contributed by atoms with Crippen molar-refractivity contribution < 1.29 is 14.3 Å². The zero-order chi connectivity index (χ0) is 19.3. The highest BCUT2D eigenvalue weighted by atomic mass is 16.5. The predicted octanol–water partition coefficient (Wildman–Crippen LogP) is 2.19. The van der Waals surface area contributed by atoms with E-state index in [9.17, 15) is 10.4 Å². The summed E-state index contributed by atoms with van der Waals surface area (Å²) >= 11 is 0. The van der Waals surface area contributed by atoms with Gasteiger partial charge in [0.05, 0.1) is 31.4 Å². The Balaban J connectivity index is 1.39. The number of aliphatic hydroxyl groups is 1. The minimum absolute atomic E-state index is 0.227. The van der Waals surface area contributed by atoms with E-state index in [1.54, 1.807) is 6.07 Å². The van der Waals surface area contributed by atoms with Crippen LogP contribution in [0.15, 0.2) is 40.8 Å². The molecule has 0 bridgehead atoms. The highest BCUT2D eigenvalue weighted by molar-refractivity contribution is 5.66. The van der Waals surface area contributed by atoms with Crippen LogP contribution in [0.2, 0.25) is 0 Å². The lowest BCUT2D eigenvalue weighted by Crippen LogP contribution is -2.41. The molecule has 6 heteroatoms. The van der Waals surface area contributed by atoms with E-state index < -0.39 is 0 Å². The third-order valence-corrected chi connectivity index (χ3v) is 5.84. The fourth-order valence-corrected chi connectivity index (χ4v) is 4.32. The van der Waals surface area contributed by atoms with Gasteiger partial charge in [-0.15, -0.1) is 0 Å². The van der Waals surface area contributed by atoms with Crippen LogP contribution in [0, 0.1) is 23.2 Å². The minimum atomic E-state index is 0.227. The molecular weight excluding hydrogens is 354 g/mol. The molecule has 3 heterocycles. The Labute approximate surface area is 165 Å². The Morgan fingerprint density at radius 2 is 1.82 bits per heavy atom. The predicted molar refractivity (Wildman–Crippen MR) is 105 cm³/mol. The number of morpholine rings is 1. The van der Waals surface area contributed by atoms with Gasteiger partial charge < -0.3 is 14.3 Å². The highest BCUT2D eigenvalue weighted by Crippen LogP contribution is 2.29. The molecule has 2 aliphatic heterocycles. The molecule has 6 nitrogen and oxygen atoms in total. The van der Waals surface area contributed by atoms with Gasteiger partial charge in [0.2, 0.25) is 0 Å². The number of hydrogen-bond acceptors (Lipinski definition) is 6. The fourth-order valence-electron chi connectivity index (χ4n) is 4.32. The Bertz CT molecular complexity index is 822. The Hall–Kier alpha value is -2.17. The number of nitrogens with zero attached hydrogens (tertiary/aromatic N) is 3. The van der Waals surface area contributed by atoms with Crippen LogP contribution in [0.4, 0.5) is 0 Å². The number of hydrogen-bond donors (Lipinski definition) is 1. The van der Waals surface area contributed by atoms with Gasteiger partial charge in [-0.25, -0.2) is 0 Å². The average molecular weight is 381 g/mol. The molecule has 0 unspecified atom stereocenters. The lowest BCUT2D eigenvalue weighted by molar-refractivity contribution is 0.0264. The smallest absolute Gasteiger partial charge is 0.135 e. The molecule has 0 radical (unpaired) electrons. The number of likely N-dealkylation sites (tertiary alicyclic amines) is 1. The summed E-state index contributed by atoms with van der Waals surface area (Å²) in [4.78, 5) is 4.81. The van der Waals surface area contributed by atoms with Crippen LogP contribution in [0.25, 0.3) is 11.3 Å². The van der Waals surface area contributed by atoms with Crippen molar-refractivity contribution in [1.82, 2.24) is 9.80 Å². The quantitative estimate of drug-likeness (QED) is 0.827. The summed E-state index contributed by atoms with van der Waals surface area (Å²) in [6.07, 6.45) is 0. The molecule has 1 N–H and O–H groups in total. The number of furan rings is 1. The van der Waals surface area contributed by atoms with Crippen molar-refractivity contribution >= 4 is 0 Å². The first-order valence-electron chi connectivity index (χ1n) is 9.98. The second kappa shape index (κ2) is 8.89. The van der Waals surface area contributed by atoms with Crippen LogP contribution in [-0.2, 0) is 11.3 Å². The van der Waals surface area contributed by atoms with E-state index >= 15 is 0 Å². The van der Waals surface area contributed by atoms with Crippen molar-refractivity contribution in [2.75, 3.05) is 52.5 Å². The molecule has 2 saturated heterocycles. The second-order valence-electron chi connectivity index (χ2n) is 7.73. The SMILES string of the molecule is N#Cc1ccccc1-c1ccc(CN2C[C@@H](CN3CCOCC3)[C@@H](CO)C2)o1. The molecule has 4 rings (SSSR count). The first kappa shape index (κ1) is 19.2. The largest absolute Gasteiger partial charge is 0.460 e. The minimum Gasteiger partial charge on any atom is -0.460 e. The number of ether oxygens (including phenoxy) is 1. The summed E-state index contributed by atoms with van der Waals surface area (Å²) < 4.78 is 11.5. The zero-order valence-corrected chi connectivity index (χ0v) is 16.1. The maximum Gasteiger partial charge on any atom is 0.135 e. The van der Waals surface area contributed by atoms with E-state index in [-0.39, 0.29) is 6.61 Å². The molecule has 2 fully saturated rings. The number of aliphatic hydroxyl groups excluding tert-OH is 1. The number of benzene rings is 1. The summed E-state index contributed by atoms with van der Waals surface area (Å²) in [5.74, 6) is 2.40. The molecule has 148 valence electrons. The monoisotopic (exact) mass is 381 g/mol. The Morgan fingerprint density at radius 1 is 1.04 bits per heavy atom. The van der Waals surface area contributed by atoms with E-state index in [0.29, 0.717) is 17.4 Å². The van der Waals surface area contributed by atoms with E-state index in [4.69, 9.17) is 9.15 Å². The summed E-state index contributed by atoms with van der Waals surface area (Å²) in [5, 5.41) is 19.1. The van der Waals surface area contributed by atoms with Gasteiger partial charge >= 0.3 is 0 Å². The molecule has 2 atom stereocenters. The van der Waals surface area contributed by atoms with Crippen molar-refractivity contribution in [3.05, 3.63) is 47.7 Å². The van der Waals surface area contributed by atoms with Gasteiger partial charge in [-0.2, -0.15) is 5.26 Å². The van der Waals surface area contributed by atoms with E-state index in [1.807, 2.05) is 30.3 Å². The molecular formula is C22H27N3O3. The molecule has 0 aliphatic carbocycles. The van der Waals surface area contributed by atoms with Crippen molar-refractivity contribution in [2.45, 2.75) is 6.54 Å². The third kappa shape index (κ3) is 4.29. The van der Waals surface area contributed by atoms with Crippen LogP contribution in [0.5, 0.6) is 0 Å². The first-order chi connectivity index (χ1) is 13.8. The fraction of sp³-hybridized carbons (Fsp3) is 0.500. The maximum atomic E-state index is 9.84. The maximum absolute atomic E-state index is 9.84. The van der Waals surface area contributed by atoms with E-state index in [0.717, 1.165) is 69.6 Å². The molecule has 28 heavy (non-hydrogen) atoms. The molecule has 0 saturated carbocycles. The van der Waals surface area contributed by atoms with E-state index in [2.05, 4.69) is 15.9 Å². The second-order valence-corrected chi connectivity index (χ2v) is 7.73. The van der Waals surface area contributed by atoms with Crippen molar-refractivity contribution in [2.24, 2.45) is 11.8 Å². The molecule has 2 aliphatic rings.